The van der Waals surface area contributed by atoms with Crippen LogP contribution in [0.5, 0.6) is 0 Å². The third-order valence-electron chi connectivity index (χ3n) is 2.80. The van der Waals surface area contributed by atoms with E-state index in [0.717, 1.165) is 5.69 Å². The Labute approximate surface area is 96.8 Å². The van der Waals surface area contributed by atoms with Crippen LogP contribution < -0.4 is 0 Å². The van der Waals surface area contributed by atoms with Gasteiger partial charge in [0, 0.05) is 24.2 Å². The Hall–Kier alpha value is -1.38. The van der Waals surface area contributed by atoms with Gasteiger partial charge in [-0.2, -0.15) is 0 Å². The smallest absolute Gasteiger partial charge is 0.306 e. The second kappa shape index (κ2) is 6.26. The summed E-state index contributed by atoms with van der Waals surface area (Å²) in [7, 11) is 0. The minimum absolute atomic E-state index is 0.127. The van der Waals surface area contributed by atoms with E-state index < -0.39 is 0 Å². The van der Waals surface area contributed by atoms with Gasteiger partial charge < -0.3 is 4.74 Å². The van der Waals surface area contributed by atoms with E-state index in [9.17, 15) is 4.79 Å². The number of carbonyl (C=O) groups excluding carboxylic acids is 1. The van der Waals surface area contributed by atoms with Crippen LogP contribution in [0.2, 0.25) is 0 Å². The fraction of sp³-hybridized carbons (Fsp3) is 0.538. The van der Waals surface area contributed by atoms with Crippen molar-refractivity contribution in [1.29, 1.82) is 0 Å². The van der Waals surface area contributed by atoms with E-state index in [2.05, 4.69) is 18.8 Å². The van der Waals surface area contributed by atoms with Crippen LogP contribution in [0.25, 0.3) is 0 Å². The Bertz CT molecular complexity index is 324. The molecule has 0 fully saturated rings. The molecule has 1 rings (SSSR count). The SMILES string of the molecule is CCOC(=O)CC(C)C(C)c1ccccn1. The third kappa shape index (κ3) is 3.65. The fourth-order valence-electron chi connectivity index (χ4n) is 1.60. The number of pyridine rings is 1. The van der Waals surface area contributed by atoms with Crippen molar-refractivity contribution in [3.8, 4) is 0 Å². The lowest BCUT2D eigenvalue weighted by Gasteiger charge is -2.18. The number of carbonyl (C=O) groups is 1. The van der Waals surface area contributed by atoms with Gasteiger partial charge >= 0.3 is 5.97 Å². The lowest BCUT2D eigenvalue weighted by molar-refractivity contribution is -0.144. The second-order valence-electron chi connectivity index (χ2n) is 4.03. The molecule has 16 heavy (non-hydrogen) atoms. The number of hydrogen-bond donors (Lipinski definition) is 0. The Balaban J connectivity index is 2.54. The minimum atomic E-state index is -0.127. The van der Waals surface area contributed by atoms with Crippen molar-refractivity contribution in [2.45, 2.75) is 33.1 Å². The average molecular weight is 221 g/mol. The molecular weight excluding hydrogens is 202 g/mol. The monoisotopic (exact) mass is 221 g/mol. The zero-order chi connectivity index (χ0) is 12.0. The van der Waals surface area contributed by atoms with Gasteiger partial charge in [-0.15, -0.1) is 0 Å². The number of rotatable bonds is 5. The molecule has 0 spiro atoms. The van der Waals surface area contributed by atoms with Crippen LogP contribution in [0.15, 0.2) is 24.4 Å². The predicted molar refractivity (Wildman–Crippen MR) is 63.1 cm³/mol. The molecule has 0 N–H and O–H groups in total. The van der Waals surface area contributed by atoms with Gasteiger partial charge in [0.15, 0.2) is 0 Å². The molecule has 0 aliphatic carbocycles. The highest BCUT2D eigenvalue weighted by molar-refractivity contribution is 5.69. The predicted octanol–water partition coefficient (Wildman–Crippen LogP) is 2.77. The zero-order valence-electron chi connectivity index (χ0n) is 10.1. The van der Waals surface area contributed by atoms with Crippen LogP contribution in [0.4, 0.5) is 0 Å². The Morgan fingerprint density at radius 3 is 2.75 bits per heavy atom. The molecule has 2 atom stereocenters. The van der Waals surface area contributed by atoms with Crippen LogP contribution in [-0.4, -0.2) is 17.6 Å². The Morgan fingerprint density at radius 2 is 2.19 bits per heavy atom. The maximum Gasteiger partial charge on any atom is 0.306 e. The number of aromatic nitrogens is 1. The molecular formula is C13H19NO2. The third-order valence-corrected chi connectivity index (χ3v) is 2.80. The first-order chi connectivity index (χ1) is 7.65. The van der Waals surface area contributed by atoms with Gasteiger partial charge in [0.1, 0.15) is 0 Å². The summed E-state index contributed by atoms with van der Waals surface area (Å²) < 4.78 is 4.94. The van der Waals surface area contributed by atoms with Crippen LogP contribution >= 0.6 is 0 Å². The molecule has 0 amide bonds. The second-order valence-corrected chi connectivity index (χ2v) is 4.03. The minimum Gasteiger partial charge on any atom is -0.466 e. The number of ether oxygens (including phenoxy) is 1. The van der Waals surface area contributed by atoms with Crippen LogP contribution in [0.1, 0.15) is 38.8 Å². The molecule has 0 saturated heterocycles. The van der Waals surface area contributed by atoms with Gasteiger partial charge in [0.25, 0.3) is 0 Å². The molecule has 0 aromatic carbocycles. The van der Waals surface area contributed by atoms with Crippen molar-refractivity contribution in [2.24, 2.45) is 5.92 Å². The first-order valence-electron chi connectivity index (χ1n) is 5.71. The lowest BCUT2D eigenvalue weighted by atomic mass is 9.90. The number of hydrogen-bond acceptors (Lipinski definition) is 3. The maximum atomic E-state index is 11.3. The standard InChI is InChI=1S/C13H19NO2/c1-4-16-13(15)9-10(2)11(3)12-7-5-6-8-14-12/h5-8,10-11H,4,9H2,1-3H3. The summed E-state index contributed by atoms with van der Waals surface area (Å²) in [5.74, 6) is 0.386. The zero-order valence-corrected chi connectivity index (χ0v) is 10.1. The fourth-order valence-corrected chi connectivity index (χ4v) is 1.60. The molecule has 0 radical (unpaired) electrons. The quantitative estimate of drug-likeness (QED) is 0.718. The van der Waals surface area contributed by atoms with Crippen molar-refractivity contribution >= 4 is 5.97 Å². The van der Waals surface area contributed by atoms with Crippen molar-refractivity contribution in [3.63, 3.8) is 0 Å². The topological polar surface area (TPSA) is 39.2 Å². The maximum absolute atomic E-state index is 11.3. The molecule has 0 bridgehead atoms. The molecule has 3 heteroatoms. The highest BCUT2D eigenvalue weighted by Gasteiger charge is 2.18. The van der Waals surface area contributed by atoms with E-state index in [-0.39, 0.29) is 17.8 Å². The van der Waals surface area contributed by atoms with Crippen molar-refractivity contribution in [1.82, 2.24) is 4.98 Å². The summed E-state index contributed by atoms with van der Waals surface area (Å²) in [5, 5.41) is 0. The largest absolute Gasteiger partial charge is 0.466 e. The average Bonchev–Trinajstić information content (AvgIpc) is 2.29. The van der Waals surface area contributed by atoms with E-state index in [1.807, 2.05) is 25.1 Å². The van der Waals surface area contributed by atoms with Gasteiger partial charge in [-0.3, -0.25) is 9.78 Å². The Kier molecular flexibility index (Phi) is 4.96. The Morgan fingerprint density at radius 1 is 1.44 bits per heavy atom. The normalized spacial score (nSPS) is 14.2. The highest BCUT2D eigenvalue weighted by atomic mass is 16.5. The summed E-state index contributed by atoms with van der Waals surface area (Å²) in [4.78, 5) is 15.6. The van der Waals surface area contributed by atoms with E-state index in [1.165, 1.54) is 0 Å². The van der Waals surface area contributed by atoms with Crippen molar-refractivity contribution < 1.29 is 9.53 Å². The molecule has 1 heterocycles. The van der Waals surface area contributed by atoms with Crippen LogP contribution in [0.3, 0.4) is 0 Å². The summed E-state index contributed by atoms with van der Waals surface area (Å²) in [6.45, 7) is 6.41. The van der Waals surface area contributed by atoms with Gasteiger partial charge in [-0.25, -0.2) is 0 Å². The van der Waals surface area contributed by atoms with Gasteiger partial charge in [0.05, 0.1) is 6.61 Å². The first kappa shape index (κ1) is 12.7. The van der Waals surface area contributed by atoms with Crippen LogP contribution in [-0.2, 0) is 9.53 Å². The summed E-state index contributed by atoms with van der Waals surface area (Å²) >= 11 is 0. The van der Waals surface area contributed by atoms with Gasteiger partial charge in [0.2, 0.25) is 0 Å². The highest BCUT2D eigenvalue weighted by Crippen LogP contribution is 2.24. The molecule has 1 aromatic heterocycles. The van der Waals surface area contributed by atoms with E-state index >= 15 is 0 Å². The van der Waals surface area contributed by atoms with E-state index in [4.69, 9.17) is 4.74 Å². The molecule has 88 valence electrons. The summed E-state index contributed by atoms with van der Waals surface area (Å²) in [6, 6.07) is 5.86. The number of esters is 1. The molecule has 0 aliphatic heterocycles. The molecule has 0 saturated carbocycles. The molecule has 1 aromatic rings. The van der Waals surface area contributed by atoms with E-state index in [0.29, 0.717) is 13.0 Å². The van der Waals surface area contributed by atoms with Gasteiger partial charge in [-0.1, -0.05) is 19.9 Å². The molecule has 2 unspecified atom stereocenters. The van der Waals surface area contributed by atoms with Crippen LogP contribution in [0, 0.1) is 5.92 Å². The summed E-state index contributed by atoms with van der Waals surface area (Å²) in [6.07, 6.45) is 2.23. The summed E-state index contributed by atoms with van der Waals surface area (Å²) in [5.41, 5.74) is 1.03. The van der Waals surface area contributed by atoms with Gasteiger partial charge in [-0.05, 0) is 25.0 Å². The molecule has 0 aliphatic rings. The first-order valence-corrected chi connectivity index (χ1v) is 5.71. The van der Waals surface area contributed by atoms with Crippen molar-refractivity contribution in [2.75, 3.05) is 6.61 Å². The number of nitrogens with zero attached hydrogens (tertiary/aromatic N) is 1. The molecule has 3 nitrogen and oxygen atoms in total. The lowest BCUT2D eigenvalue weighted by Crippen LogP contribution is -2.14. The van der Waals surface area contributed by atoms with E-state index in [1.54, 1.807) is 6.20 Å². The van der Waals surface area contributed by atoms with Crippen molar-refractivity contribution in [3.05, 3.63) is 30.1 Å².